The van der Waals surface area contributed by atoms with Crippen LogP contribution < -0.4 is 0 Å². The van der Waals surface area contributed by atoms with Gasteiger partial charge < -0.3 is 9.47 Å². The highest BCUT2D eigenvalue weighted by Crippen LogP contribution is 2.11. The van der Waals surface area contributed by atoms with Gasteiger partial charge in [0.25, 0.3) is 0 Å². The monoisotopic (exact) mass is 321 g/mol. The van der Waals surface area contributed by atoms with Crippen molar-refractivity contribution in [3.8, 4) is 23.7 Å². The predicted octanol–water partition coefficient (Wildman–Crippen LogP) is 3.72. The summed E-state index contributed by atoms with van der Waals surface area (Å²) in [5, 5.41) is 0. The molecule has 0 fully saturated rings. The number of rotatable bonds is 4. The van der Waals surface area contributed by atoms with Crippen molar-refractivity contribution in [2.75, 3.05) is 26.3 Å². The minimum Gasteiger partial charge on any atom is -0.363 e. The van der Waals surface area contributed by atoms with Crippen molar-refractivity contribution in [2.24, 2.45) is 0 Å². The first kappa shape index (κ1) is 22.0. The Labute approximate surface area is 144 Å². The van der Waals surface area contributed by atoms with Crippen molar-refractivity contribution in [1.82, 2.24) is 4.90 Å². The highest BCUT2D eigenvalue weighted by atomic mass is 16.5. The van der Waals surface area contributed by atoms with Gasteiger partial charge in [-0.15, -0.1) is 0 Å². The molecule has 3 heteroatoms. The third-order valence-electron chi connectivity index (χ3n) is 2.89. The molecule has 0 N–H and O–H groups in total. The van der Waals surface area contributed by atoms with Gasteiger partial charge in [0.05, 0.1) is 24.3 Å². The second-order valence-corrected chi connectivity index (χ2v) is 8.54. The van der Waals surface area contributed by atoms with Gasteiger partial charge in [0, 0.05) is 5.54 Å². The van der Waals surface area contributed by atoms with Gasteiger partial charge in [0.15, 0.2) is 0 Å². The number of ether oxygens (including phenoxy) is 2. The lowest BCUT2D eigenvalue weighted by molar-refractivity contribution is 0.0177. The van der Waals surface area contributed by atoms with Gasteiger partial charge in [0.1, 0.15) is 13.2 Å². The van der Waals surface area contributed by atoms with Crippen molar-refractivity contribution in [3.63, 3.8) is 0 Å². The van der Waals surface area contributed by atoms with Gasteiger partial charge in [-0.05, 0) is 62.3 Å². The minimum absolute atomic E-state index is 0.0269. The second-order valence-electron chi connectivity index (χ2n) is 8.54. The van der Waals surface area contributed by atoms with Gasteiger partial charge in [-0.2, -0.15) is 0 Å². The zero-order chi connectivity index (χ0) is 18.1. The largest absolute Gasteiger partial charge is 0.363 e. The smallest absolute Gasteiger partial charge is 0.108 e. The molecule has 0 saturated carbocycles. The molecule has 0 heterocycles. The standard InChI is InChI=1S/C20H35NO2/c1-18(2,3)21(14-10-12-16-22-19(4,5)6)15-11-13-17-23-20(7,8)9/h14-17H2,1-9H3. The van der Waals surface area contributed by atoms with Crippen LogP contribution >= 0.6 is 0 Å². The highest BCUT2D eigenvalue weighted by molar-refractivity contribution is 5.07. The summed E-state index contributed by atoms with van der Waals surface area (Å²) in [6.45, 7) is 21.0. The van der Waals surface area contributed by atoms with Gasteiger partial charge >= 0.3 is 0 Å². The third kappa shape index (κ3) is 14.3. The van der Waals surface area contributed by atoms with Crippen LogP contribution in [0, 0.1) is 23.7 Å². The quantitative estimate of drug-likeness (QED) is 0.737. The summed E-state index contributed by atoms with van der Waals surface area (Å²) >= 11 is 0. The Morgan fingerprint density at radius 1 is 0.609 bits per heavy atom. The SMILES string of the molecule is CC(C)(C)OCC#CCN(CC#CCOC(C)(C)C)C(C)(C)C. The lowest BCUT2D eigenvalue weighted by atomic mass is 10.1. The molecule has 0 aromatic rings. The molecule has 132 valence electrons. The fraction of sp³-hybridized carbons (Fsp3) is 0.800. The topological polar surface area (TPSA) is 21.7 Å². The van der Waals surface area contributed by atoms with Crippen molar-refractivity contribution in [3.05, 3.63) is 0 Å². The molecule has 3 nitrogen and oxygen atoms in total. The van der Waals surface area contributed by atoms with E-state index in [1.165, 1.54) is 0 Å². The van der Waals surface area contributed by atoms with Crippen LogP contribution in [-0.4, -0.2) is 47.9 Å². The Morgan fingerprint density at radius 3 is 1.22 bits per heavy atom. The number of hydrogen-bond donors (Lipinski definition) is 0. The third-order valence-corrected chi connectivity index (χ3v) is 2.89. The molecule has 0 unspecified atom stereocenters. The normalized spacial score (nSPS) is 12.4. The fourth-order valence-corrected chi connectivity index (χ4v) is 1.44. The Kier molecular flexibility index (Phi) is 8.93. The molecule has 0 aliphatic rings. The molecule has 0 spiro atoms. The summed E-state index contributed by atoms with van der Waals surface area (Å²) in [7, 11) is 0. The Balaban J connectivity index is 4.41. The van der Waals surface area contributed by atoms with Crippen LogP contribution in [0.15, 0.2) is 0 Å². The van der Waals surface area contributed by atoms with Crippen LogP contribution in [0.3, 0.4) is 0 Å². The summed E-state index contributed by atoms with van der Waals surface area (Å²) < 4.78 is 11.2. The van der Waals surface area contributed by atoms with Gasteiger partial charge in [-0.25, -0.2) is 0 Å². The molecule has 0 bridgehead atoms. The van der Waals surface area contributed by atoms with E-state index in [0.717, 1.165) is 0 Å². The molecular formula is C20H35NO2. The lowest BCUT2D eigenvalue weighted by Crippen LogP contribution is -2.41. The van der Waals surface area contributed by atoms with E-state index in [1.54, 1.807) is 0 Å². The van der Waals surface area contributed by atoms with Crippen molar-refractivity contribution >= 4 is 0 Å². The average molecular weight is 322 g/mol. The maximum absolute atomic E-state index is 5.61. The summed E-state index contributed by atoms with van der Waals surface area (Å²) in [5.41, 5.74) is -0.257. The first-order valence-electron chi connectivity index (χ1n) is 8.26. The molecule has 0 aromatic carbocycles. The molecule has 0 aliphatic carbocycles. The molecule has 0 radical (unpaired) electrons. The van der Waals surface area contributed by atoms with Crippen LogP contribution in [0.25, 0.3) is 0 Å². The van der Waals surface area contributed by atoms with Gasteiger partial charge in [-0.1, -0.05) is 23.7 Å². The fourth-order valence-electron chi connectivity index (χ4n) is 1.44. The Bertz CT molecular complexity index is 415. The summed E-state index contributed by atoms with van der Waals surface area (Å²) in [4.78, 5) is 2.25. The molecule has 0 rings (SSSR count). The molecule has 23 heavy (non-hydrogen) atoms. The van der Waals surface area contributed by atoms with E-state index in [0.29, 0.717) is 26.3 Å². The maximum Gasteiger partial charge on any atom is 0.108 e. The summed E-state index contributed by atoms with van der Waals surface area (Å²) in [6.07, 6.45) is 0. The molecule has 0 amide bonds. The first-order chi connectivity index (χ1) is 10.3. The maximum atomic E-state index is 5.61. The van der Waals surface area contributed by atoms with E-state index in [1.807, 2.05) is 41.5 Å². The van der Waals surface area contributed by atoms with Crippen LogP contribution in [0.1, 0.15) is 62.3 Å². The first-order valence-corrected chi connectivity index (χ1v) is 8.26. The van der Waals surface area contributed by atoms with Crippen molar-refractivity contribution in [1.29, 1.82) is 0 Å². The Hall–Kier alpha value is -1.00. The molecule has 0 atom stereocenters. The van der Waals surface area contributed by atoms with Crippen molar-refractivity contribution < 1.29 is 9.47 Å². The van der Waals surface area contributed by atoms with Crippen LogP contribution in [0.5, 0.6) is 0 Å². The molecular weight excluding hydrogens is 286 g/mol. The van der Waals surface area contributed by atoms with Crippen LogP contribution in [0.2, 0.25) is 0 Å². The van der Waals surface area contributed by atoms with E-state index < -0.39 is 0 Å². The zero-order valence-corrected chi connectivity index (χ0v) is 16.6. The second kappa shape index (κ2) is 9.33. The van der Waals surface area contributed by atoms with E-state index >= 15 is 0 Å². The van der Waals surface area contributed by atoms with E-state index in [-0.39, 0.29) is 16.7 Å². The average Bonchev–Trinajstić information content (AvgIpc) is 2.31. The molecule has 0 aliphatic heterocycles. The minimum atomic E-state index is -0.142. The van der Waals surface area contributed by atoms with E-state index in [4.69, 9.17) is 9.47 Å². The van der Waals surface area contributed by atoms with Crippen LogP contribution in [0.4, 0.5) is 0 Å². The van der Waals surface area contributed by atoms with Crippen molar-refractivity contribution in [2.45, 2.75) is 79.1 Å². The van der Waals surface area contributed by atoms with Crippen LogP contribution in [-0.2, 0) is 9.47 Å². The number of nitrogens with zero attached hydrogens (tertiary/aromatic N) is 1. The molecule has 0 saturated heterocycles. The van der Waals surface area contributed by atoms with Gasteiger partial charge in [-0.3, -0.25) is 4.90 Å². The van der Waals surface area contributed by atoms with Gasteiger partial charge in [0.2, 0.25) is 0 Å². The Morgan fingerprint density at radius 2 is 0.957 bits per heavy atom. The predicted molar refractivity (Wildman–Crippen MR) is 98.3 cm³/mol. The van der Waals surface area contributed by atoms with E-state index in [2.05, 4.69) is 49.4 Å². The molecule has 0 aromatic heterocycles. The zero-order valence-electron chi connectivity index (χ0n) is 16.6. The summed E-state index contributed by atoms with van der Waals surface area (Å²) in [5.74, 6) is 12.5. The highest BCUT2D eigenvalue weighted by Gasteiger charge is 2.19. The van der Waals surface area contributed by atoms with E-state index in [9.17, 15) is 0 Å². The summed E-state index contributed by atoms with van der Waals surface area (Å²) in [6, 6.07) is 0. The number of hydrogen-bond acceptors (Lipinski definition) is 3. The lowest BCUT2D eigenvalue weighted by Gasteiger charge is -2.32.